The summed E-state index contributed by atoms with van der Waals surface area (Å²) in [5.41, 5.74) is 0.843. The Bertz CT molecular complexity index is 368. The van der Waals surface area contributed by atoms with E-state index in [4.69, 9.17) is 0 Å². The summed E-state index contributed by atoms with van der Waals surface area (Å²) in [6.07, 6.45) is 5.00. The van der Waals surface area contributed by atoms with E-state index in [-0.39, 0.29) is 11.8 Å². The lowest BCUT2D eigenvalue weighted by atomic mass is 9.92. The third-order valence-corrected chi connectivity index (χ3v) is 3.08. The van der Waals surface area contributed by atoms with Crippen molar-refractivity contribution >= 4 is 5.91 Å². The minimum absolute atomic E-state index is 0.132. The molecule has 17 heavy (non-hydrogen) atoms. The maximum atomic E-state index is 11.9. The first kappa shape index (κ1) is 12.0. The maximum Gasteiger partial charge on any atom is 0.223 e. The quantitative estimate of drug-likeness (QED) is 0.798. The van der Waals surface area contributed by atoms with E-state index in [2.05, 4.69) is 27.5 Å². The Morgan fingerprint density at radius 2 is 2.53 bits per heavy atom. The van der Waals surface area contributed by atoms with Crippen molar-refractivity contribution in [2.45, 2.75) is 32.4 Å². The Kier molecular flexibility index (Phi) is 4.03. The van der Waals surface area contributed by atoms with E-state index >= 15 is 0 Å². The van der Waals surface area contributed by atoms with E-state index < -0.39 is 0 Å². The summed E-state index contributed by atoms with van der Waals surface area (Å²) in [5.74, 6) is 0.269. The molecule has 2 atom stereocenters. The minimum Gasteiger partial charge on any atom is -0.350 e. The number of carbonyl (C=O) groups is 1. The fourth-order valence-corrected chi connectivity index (χ4v) is 2.11. The van der Waals surface area contributed by atoms with Gasteiger partial charge in [0.25, 0.3) is 0 Å². The summed E-state index contributed by atoms with van der Waals surface area (Å²) in [4.78, 5) is 19.8. The van der Waals surface area contributed by atoms with Crippen LogP contribution in [0, 0.1) is 5.92 Å². The molecule has 92 valence electrons. The van der Waals surface area contributed by atoms with E-state index in [1.54, 1.807) is 6.20 Å². The van der Waals surface area contributed by atoms with Gasteiger partial charge in [0.2, 0.25) is 5.91 Å². The molecule has 0 radical (unpaired) electrons. The highest BCUT2D eigenvalue weighted by atomic mass is 16.1. The van der Waals surface area contributed by atoms with Gasteiger partial charge in [0.05, 0.1) is 12.2 Å². The van der Waals surface area contributed by atoms with E-state index in [1.807, 2.05) is 6.07 Å². The zero-order valence-electron chi connectivity index (χ0n) is 10.0. The molecule has 0 aliphatic carbocycles. The number of amides is 1. The first-order valence-electron chi connectivity index (χ1n) is 6.01. The van der Waals surface area contributed by atoms with Crippen LogP contribution in [-0.2, 0) is 11.3 Å². The monoisotopic (exact) mass is 234 g/mol. The van der Waals surface area contributed by atoms with Crippen molar-refractivity contribution in [2.24, 2.45) is 5.92 Å². The molecule has 0 bridgehead atoms. The Morgan fingerprint density at radius 3 is 3.24 bits per heavy atom. The third kappa shape index (κ3) is 3.49. The van der Waals surface area contributed by atoms with Gasteiger partial charge in [0.15, 0.2) is 0 Å². The number of piperidine rings is 1. The lowest BCUT2D eigenvalue weighted by Crippen LogP contribution is -2.42. The molecular weight excluding hydrogens is 216 g/mol. The molecule has 1 aromatic heterocycles. The van der Waals surface area contributed by atoms with Gasteiger partial charge in [0.1, 0.15) is 6.33 Å². The Balaban J connectivity index is 1.81. The van der Waals surface area contributed by atoms with Crippen LogP contribution in [0.1, 0.15) is 25.5 Å². The maximum absolute atomic E-state index is 11.9. The number of rotatable bonds is 3. The van der Waals surface area contributed by atoms with Crippen LogP contribution in [0.3, 0.4) is 0 Å². The molecule has 1 aromatic rings. The van der Waals surface area contributed by atoms with Crippen LogP contribution in [0.2, 0.25) is 0 Å². The van der Waals surface area contributed by atoms with Gasteiger partial charge in [-0.1, -0.05) is 0 Å². The van der Waals surface area contributed by atoms with Crippen LogP contribution in [0.5, 0.6) is 0 Å². The first-order valence-corrected chi connectivity index (χ1v) is 6.01. The fourth-order valence-electron chi connectivity index (χ4n) is 2.11. The van der Waals surface area contributed by atoms with Crippen LogP contribution in [0.15, 0.2) is 18.6 Å². The highest BCUT2D eigenvalue weighted by molar-refractivity contribution is 5.78. The number of carbonyl (C=O) groups excluding carboxylic acids is 1. The van der Waals surface area contributed by atoms with Crippen molar-refractivity contribution in [2.75, 3.05) is 6.54 Å². The Morgan fingerprint density at radius 1 is 1.65 bits per heavy atom. The number of nitrogens with one attached hydrogen (secondary N) is 2. The normalized spacial score (nSPS) is 24.3. The summed E-state index contributed by atoms with van der Waals surface area (Å²) in [6.45, 7) is 3.52. The summed E-state index contributed by atoms with van der Waals surface area (Å²) in [5, 5.41) is 6.27. The second-order valence-corrected chi connectivity index (χ2v) is 4.49. The zero-order chi connectivity index (χ0) is 12.1. The zero-order valence-corrected chi connectivity index (χ0v) is 10.0. The molecule has 1 aliphatic heterocycles. The van der Waals surface area contributed by atoms with E-state index in [0.717, 1.165) is 25.1 Å². The van der Waals surface area contributed by atoms with Gasteiger partial charge in [0, 0.05) is 18.2 Å². The predicted molar refractivity (Wildman–Crippen MR) is 64.1 cm³/mol. The number of nitrogens with zero attached hydrogens (tertiary/aromatic N) is 2. The summed E-state index contributed by atoms with van der Waals surface area (Å²) in [7, 11) is 0. The van der Waals surface area contributed by atoms with Gasteiger partial charge in [-0.25, -0.2) is 9.97 Å². The average molecular weight is 234 g/mol. The van der Waals surface area contributed by atoms with E-state index in [9.17, 15) is 4.79 Å². The summed E-state index contributed by atoms with van der Waals surface area (Å²) in [6, 6.07) is 2.24. The molecule has 2 N–H and O–H groups in total. The topological polar surface area (TPSA) is 66.9 Å². The van der Waals surface area contributed by atoms with Gasteiger partial charge >= 0.3 is 0 Å². The number of hydrogen-bond donors (Lipinski definition) is 2. The van der Waals surface area contributed by atoms with Crippen molar-refractivity contribution in [1.29, 1.82) is 0 Å². The molecule has 2 rings (SSSR count). The molecule has 1 amide bonds. The fraction of sp³-hybridized carbons (Fsp3) is 0.583. The molecule has 5 nitrogen and oxygen atoms in total. The standard InChI is InChI=1S/C12H18N4O/c1-9-6-10(2-5-14-9)12(17)15-7-11-3-4-13-8-16-11/h3-4,8-10,14H,2,5-7H2,1H3,(H,15,17). The predicted octanol–water partition coefficient (Wildman–Crippen LogP) is 0.481. The highest BCUT2D eigenvalue weighted by Gasteiger charge is 2.24. The number of hydrogen-bond acceptors (Lipinski definition) is 4. The Hall–Kier alpha value is -1.49. The molecule has 0 aromatic carbocycles. The molecule has 1 fully saturated rings. The average Bonchev–Trinajstić information content (AvgIpc) is 2.37. The molecule has 5 heteroatoms. The lowest BCUT2D eigenvalue weighted by molar-refractivity contribution is -0.126. The van der Waals surface area contributed by atoms with Crippen molar-refractivity contribution in [1.82, 2.24) is 20.6 Å². The molecule has 1 saturated heterocycles. The molecule has 0 saturated carbocycles. The SMILES string of the molecule is CC1CC(C(=O)NCc2ccncn2)CCN1. The largest absolute Gasteiger partial charge is 0.350 e. The van der Waals surface area contributed by atoms with Crippen molar-refractivity contribution in [3.8, 4) is 0 Å². The highest BCUT2D eigenvalue weighted by Crippen LogP contribution is 2.15. The van der Waals surface area contributed by atoms with Gasteiger partial charge in [-0.2, -0.15) is 0 Å². The molecule has 1 aliphatic rings. The third-order valence-electron chi connectivity index (χ3n) is 3.08. The van der Waals surface area contributed by atoms with Gasteiger partial charge < -0.3 is 10.6 Å². The summed E-state index contributed by atoms with van der Waals surface area (Å²) < 4.78 is 0. The molecular formula is C12H18N4O. The van der Waals surface area contributed by atoms with Crippen LogP contribution >= 0.6 is 0 Å². The first-order chi connectivity index (χ1) is 8.25. The second kappa shape index (κ2) is 5.72. The van der Waals surface area contributed by atoms with Crippen LogP contribution in [-0.4, -0.2) is 28.5 Å². The smallest absolute Gasteiger partial charge is 0.223 e. The van der Waals surface area contributed by atoms with Crippen molar-refractivity contribution in [3.05, 3.63) is 24.3 Å². The Labute approximate surface area is 101 Å². The van der Waals surface area contributed by atoms with Crippen molar-refractivity contribution < 1.29 is 4.79 Å². The van der Waals surface area contributed by atoms with E-state index in [1.165, 1.54) is 6.33 Å². The van der Waals surface area contributed by atoms with Gasteiger partial charge in [-0.15, -0.1) is 0 Å². The van der Waals surface area contributed by atoms with Crippen LogP contribution < -0.4 is 10.6 Å². The number of aromatic nitrogens is 2. The van der Waals surface area contributed by atoms with Crippen LogP contribution in [0.4, 0.5) is 0 Å². The van der Waals surface area contributed by atoms with Gasteiger partial charge in [-0.3, -0.25) is 4.79 Å². The molecule has 2 unspecified atom stereocenters. The molecule has 2 heterocycles. The molecule has 0 spiro atoms. The van der Waals surface area contributed by atoms with Crippen molar-refractivity contribution in [3.63, 3.8) is 0 Å². The second-order valence-electron chi connectivity index (χ2n) is 4.49. The minimum atomic E-state index is 0.132. The lowest BCUT2D eigenvalue weighted by Gasteiger charge is -2.27. The van der Waals surface area contributed by atoms with E-state index in [0.29, 0.717) is 12.6 Å². The van der Waals surface area contributed by atoms with Gasteiger partial charge in [-0.05, 0) is 32.4 Å². The summed E-state index contributed by atoms with van der Waals surface area (Å²) >= 11 is 0. The van der Waals surface area contributed by atoms with Crippen LogP contribution in [0.25, 0.3) is 0 Å².